The van der Waals surface area contributed by atoms with Gasteiger partial charge in [-0.3, -0.25) is 0 Å². The number of aromatic nitrogens is 2. The average molecular weight is 247 g/mol. The van der Waals surface area contributed by atoms with E-state index in [0.29, 0.717) is 11.9 Å². The molecule has 2 aromatic rings. The zero-order chi connectivity index (χ0) is 12.4. The second-order valence-electron chi connectivity index (χ2n) is 4.56. The number of nitrogens with zero attached hydrogens (tertiary/aromatic N) is 3. The molecule has 1 aromatic carbocycles. The molecule has 1 aliphatic rings. The van der Waals surface area contributed by atoms with Gasteiger partial charge in [0.25, 0.3) is 0 Å². The van der Waals surface area contributed by atoms with Crippen molar-refractivity contribution in [3.05, 3.63) is 42.0 Å². The smallest absolute Gasteiger partial charge is 0.317 e. The fraction of sp³-hybridized carbons (Fsp3) is 0.385. The van der Waals surface area contributed by atoms with Crippen molar-refractivity contribution < 1.29 is 8.81 Å². The summed E-state index contributed by atoms with van der Waals surface area (Å²) < 4.78 is 18.1. The lowest BCUT2D eigenvalue weighted by Crippen LogP contribution is -2.34. The molecule has 0 aliphatic carbocycles. The van der Waals surface area contributed by atoms with Crippen molar-refractivity contribution in [3.63, 3.8) is 0 Å². The fourth-order valence-corrected chi connectivity index (χ4v) is 2.46. The zero-order valence-electron chi connectivity index (χ0n) is 9.92. The minimum Gasteiger partial charge on any atom is -0.411 e. The van der Waals surface area contributed by atoms with Crippen LogP contribution in [0.25, 0.3) is 0 Å². The number of hydrogen-bond acceptors (Lipinski definition) is 4. The fourth-order valence-electron chi connectivity index (χ4n) is 2.46. The van der Waals surface area contributed by atoms with Crippen molar-refractivity contribution in [3.8, 4) is 0 Å². The first-order valence-corrected chi connectivity index (χ1v) is 6.09. The summed E-state index contributed by atoms with van der Waals surface area (Å²) in [5.41, 5.74) is 1.17. The monoisotopic (exact) mass is 247 g/mol. The largest absolute Gasteiger partial charge is 0.411 e. The van der Waals surface area contributed by atoms with Crippen LogP contribution in [-0.2, 0) is 0 Å². The molecular formula is C13H14FN3O. The zero-order valence-corrected chi connectivity index (χ0v) is 9.92. The molecule has 18 heavy (non-hydrogen) atoms. The van der Waals surface area contributed by atoms with Gasteiger partial charge in [-0.1, -0.05) is 17.2 Å². The number of piperidine rings is 1. The highest BCUT2D eigenvalue weighted by atomic mass is 19.1. The first-order chi connectivity index (χ1) is 8.83. The molecule has 0 N–H and O–H groups in total. The topological polar surface area (TPSA) is 42.2 Å². The average Bonchev–Trinajstić information content (AvgIpc) is 2.94. The van der Waals surface area contributed by atoms with E-state index in [1.54, 1.807) is 0 Å². The van der Waals surface area contributed by atoms with Crippen molar-refractivity contribution in [1.29, 1.82) is 0 Å². The molecule has 1 fully saturated rings. The van der Waals surface area contributed by atoms with Crippen LogP contribution < -0.4 is 4.90 Å². The van der Waals surface area contributed by atoms with Gasteiger partial charge in [0, 0.05) is 19.0 Å². The lowest BCUT2D eigenvalue weighted by atomic mass is 9.91. The molecule has 94 valence electrons. The first-order valence-electron chi connectivity index (χ1n) is 6.09. The normalized spacial score (nSPS) is 20.1. The molecule has 5 heteroatoms. The Kier molecular flexibility index (Phi) is 2.96. The summed E-state index contributed by atoms with van der Waals surface area (Å²) in [6.07, 6.45) is 3.53. The molecule has 1 unspecified atom stereocenters. The van der Waals surface area contributed by atoms with Gasteiger partial charge in [0.2, 0.25) is 6.39 Å². The third kappa shape index (κ3) is 2.20. The van der Waals surface area contributed by atoms with Crippen molar-refractivity contribution in [2.75, 3.05) is 18.0 Å². The van der Waals surface area contributed by atoms with Crippen LogP contribution in [0.4, 0.5) is 10.4 Å². The molecule has 1 saturated heterocycles. The van der Waals surface area contributed by atoms with Crippen LogP contribution in [-0.4, -0.2) is 23.3 Å². The molecule has 4 nitrogen and oxygen atoms in total. The third-order valence-corrected chi connectivity index (χ3v) is 3.38. The van der Waals surface area contributed by atoms with E-state index < -0.39 is 0 Å². The van der Waals surface area contributed by atoms with E-state index in [9.17, 15) is 4.39 Å². The Hall–Kier alpha value is -1.91. The Morgan fingerprint density at radius 3 is 2.83 bits per heavy atom. The Bertz CT molecular complexity index is 497. The minimum atomic E-state index is -0.191. The van der Waals surface area contributed by atoms with Crippen LogP contribution >= 0.6 is 0 Å². The highest BCUT2D eigenvalue weighted by Crippen LogP contribution is 2.29. The molecule has 3 rings (SSSR count). The molecule has 1 atom stereocenters. The van der Waals surface area contributed by atoms with Crippen molar-refractivity contribution in [1.82, 2.24) is 10.2 Å². The summed E-state index contributed by atoms with van der Waals surface area (Å²) in [6, 6.07) is 7.32. The van der Waals surface area contributed by atoms with Crippen molar-refractivity contribution in [2.24, 2.45) is 0 Å². The van der Waals surface area contributed by atoms with Crippen LogP contribution in [0.15, 0.2) is 35.1 Å². The van der Waals surface area contributed by atoms with Gasteiger partial charge in [0.15, 0.2) is 0 Å². The van der Waals surface area contributed by atoms with Crippen LogP contribution in [0, 0.1) is 5.82 Å². The first kappa shape index (κ1) is 11.2. The molecule has 0 saturated carbocycles. The summed E-state index contributed by atoms with van der Waals surface area (Å²) >= 11 is 0. The maximum Gasteiger partial charge on any atom is 0.317 e. The summed E-state index contributed by atoms with van der Waals surface area (Å²) in [5, 5.41) is 7.63. The number of benzene rings is 1. The summed E-state index contributed by atoms with van der Waals surface area (Å²) in [6.45, 7) is 1.77. The minimum absolute atomic E-state index is 0.191. The van der Waals surface area contributed by atoms with Crippen molar-refractivity contribution >= 4 is 6.01 Å². The van der Waals surface area contributed by atoms with Gasteiger partial charge in [-0.05, 0) is 30.5 Å². The van der Waals surface area contributed by atoms with E-state index in [4.69, 9.17) is 4.42 Å². The number of hydrogen-bond donors (Lipinski definition) is 0. The molecule has 1 aliphatic heterocycles. The predicted octanol–water partition coefficient (Wildman–Crippen LogP) is 2.59. The molecular weight excluding hydrogens is 233 g/mol. The Balaban J connectivity index is 1.76. The predicted molar refractivity (Wildman–Crippen MR) is 64.9 cm³/mol. The van der Waals surface area contributed by atoms with Crippen LogP contribution in [0.3, 0.4) is 0 Å². The lowest BCUT2D eigenvalue weighted by molar-refractivity contribution is 0.458. The quantitative estimate of drug-likeness (QED) is 0.818. The number of halogens is 1. The van der Waals surface area contributed by atoms with E-state index in [2.05, 4.69) is 15.1 Å². The SMILES string of the molecule is Fc1ccc(C2CCCN(c3nnco3)C2)cc1. The van der Waals surface area contributed by atoms with Crippen molar-refractivity contribution in [2.45, 2.75) is 18.8 Å². The van der Waals surface area contributed by atoms with Crippen LogP contribution in [0.2, 0.25) is 0 Å². The van der Waals surface area contributed by atoms with E-state index in [1.165, 1.54) is 24.1 Å². The Morgan fingerprint density at radius 1 is 1.28 bits per heavy atom. The standard InChI is InChI=1S/C13H14FN3O/c14-12-5-3-10(4-6-12)11-2-1-7-17(8-11)13-16-15-9-18-13/h3-6,9,11H,1-2,7-8H2. The van der Waals surface area contributed by atoms with Gasteiger partial charge < -0.3 is 9.32 Å². The number of rotatable bonds is 2. The van der Waals surface area contributed by atoms with E-state index in [-0.39, 0.29) is 5.82 Å². The summed E-state index contributed by atoms with van der Waals surface area (Å²) in [5.74, 6) is 0.203. The van der Waals surface area contributed by atoms with Gasteiger partial charge in [-0.2, -0.15) is 0 Å². The van der Waals surface area contributed by atoms with E-state index >= 15 is 0 Å². The highest BCUT2D eigenvalue weighted by molar-refractivity contribution is 5.29. The lowest BCUT2D eigenvalue weighted by Gasteiger charge is -2.31. The van der Waals surface area contributed by atoms with Gasteiger partial charge in [0.1, 0.15) is 5.82 Å². The van der Waals surface area contributed by atoms with E-state index in [0.717, 1.165) is 25.9 Å². The maximum atomic E-state index is 12.9. The molecule has 0 bridgehead atoms. The molecule has 2 heterocycles. The van der Waals surface area contributed by atoms with E-state index in [1.807, 2.05) is 12.1 Å². The second kappa shape index (κ2) is 4.76. The molecule has 0 radical (unpaired) electrons. The van der Waals surface area contributed by atoms with Crippen LogP contribution in [0.1, 0.15) is 24.3 Å². The second-order valence-corrected chi connectivity index (χ2v) is 4.56. The van der Waals surface area contributed by atoms with Gasteiger partial charge in [0.05, 0.1) is 0 Å². The summed E-state index contributed by atoms with van der Waals surface area (Å²) in [7, 11) is 0. The molecule has 0 spiro atoms. The Morgan fingerprint density at radius 2 is 2.11 bits per heavy atom. The van der Waals surface area contributed by atoms with Gasteiger partial charge in [-0.15, -0.1) is 5.10 Å². The molecule has 1 aromatic heterocycles. The highest BCUT2D eigenvalue weighted by Gasteiger charge is 2.23. The van der Waals surface area contributed by atoms with Gasteiger partial charge >= 0.3 is 6.01 Å². The Labute approximate surface area is 104 Å². The molecule has 0 amide bonds. The third-order valence-electron chi connectivity index (χ3n) is 3.38. The maximum absolute atomic E-state index is 12.9. The number of anilines is 1. The van der Waals surface area contributed by atoms with Crippen LogP contribution in [0.5, 0.6) is 0 Å². The summed E-state index contributed by atoms with van der Waals surface area (Å²) in [4.78, 5) is 2.09. The van der Waals surface area contributed by atoms with Gasteiger partial charge in [-0.25, -0.2) is 4.39 Å².